The van der Waals surface area contributed by atoms with E-state index in [9.17, 15) is 19.8 Å². The summed E-state index contributed by atoms with van der Waals surface area (Å²) in [6.07, 6.45) is 0. The van der Waals surface area contributed by atoms with Crippen LogP contribution < -0.4 is 16.6 Å². The van der Waals surface area contributed by atoms with E-state index in [1.807, 2.05) is 84.4 Å². The first-order chi connectivity index (χ1) is 24.8. The third-order valence-electron chi connectivity index (χ3n) is 8.15. The van der Waals surface area contributed by atoms with Gasteiger partial charge in [-0.2, -0.15) is 0 Å². The molecular weight excluding hydrogens is 683 g/mol. The fourth-order valence-corrected chi connectivity index (χ4v) is 7.11. The largest absolute Gasteiger partial charge is 0.508 e. The summed E-state index contributed by atoms with van der Waals surface area (Å²) in [6.45, 7) is 5.15. The van der Waals surface area contributed by atoms with Crippen LogP contribution in [0.3, 0.4) is 0 Å². The third kappa shape index (κ3) is 7.22. The van der Waals surface area contributed by atoms with E-state index in [1.165, 1.54) is 34.8 Å². The SMILES string of the molecule is CCNCc1cc2cc(-c3csc(-c4ccccc4)n3)c(=O)oc2cc1O.Cc1cc2cc(-c3csc(-c4ccccc4)n3)c(=O)oc2cc1O. The van der Waals surface area contributed by atoms with Crippen LogP contribution in [0.2, 0.25) is 0 Å². The molecule has 0 radical (unpaired) electrons. The third-order valence-corrected chi connectivity index (χ3v) is 9.93. The minimum atomic E-state index is -0.466. The number of hydrogen-bond donors (Lipinski definition) is 3. The van der Waals surface area contributed by atoms with Crippen molar-refractivity contribution in [3.63, 3.8) is 0 Å². The van der Waals surface area contributed by atoms with Gasteiger partial charge in [-0.25, -0.2) is 19.6 Å². The summed E-state index contributed by atoms with van der Waals surface area (Å²) in [5, 5.41) is 30.0. The van der Waals surface area contributed by atoms with Gasteiger partial charge in [-0.15, -0.1) is 22.7 Å². The molecule has 4 aromatic heterocycles. The Kier molecular flexibility index (Phi) is 9.58. The highest BCUT2D eigenvalue weighted by Crippen LogP contribution is 2.32. The molecule has 0 aliphatic heterocycles. The Labute approximate surface area is 299 Å². The van der Waals surface area contributed by atoms with Crippen molar-refractivity contribution in [2.75, 3.05) is 6.54 Å². The lowest BCUT2D eigenvalue weighted by Crippen LogP contribution is -2.12. The van der Waals surface area contributed by atoms with Gasteiger partial charge in [0.05, 0.1) is 22.5 Å². The number of aromatic nitrogens is 2. The molecule has 8 aromatic rings. The van der Waals surface area contributed by atoms with Crippen LogP contribution in [0.15, 0.2) is 126 Å². The summed E-state index contributed by atoms with van der Waals surface area (Å²) in [4.78, 5) is 33.9. The minimum Gasteiger partial charge on any atom is -0.508 e. The van der Waals surface area contributed by atoms with Crippen molar-refractivity contribution in [1.82, 2.24) is 15.3 Å². The second-order valence-corrected chi connectivity index (χ2v) is 13.4. The van der Waals surface area contributed by atoms with Gasteiger partial charge in [0.2, 0.25) is 0 Å². The van der Waals surface area contributed by atoms with Crippen molar-refractivity contribution in [1.29, 1.82) is 0 Å². The van der Waals surface area contributed by atoms with E-state index in [0.29, 0.717) is 40.2 Å². The zero-order valence-corrected chi connectivity index (χ0v) is 29.2. The highest BCUT2D eigenvalue weighted by molar-refractivity contribution is 7.13. The minimum absolute atomic E-state index is 0.110. The van der Waals surface area contributed by atoms with Crippen molar-refractivity contribution in [3.05, 3.63) is 140 Å². The first-order valence-corrected chi connectivity index (χ1v) is 17.8. The molecule has 11 heteroatoms. The molecule has 3 N–H and O–H groups in total. The molecule has 0 aliphatic rings. The van der Waals surface area contributed by atoms with Gasteiger partial charge in [-0.05, 0) is 43.3 Å². The number of rotatable bonds is 7. The van der Waals surface area contributed by atoms with Crippen LogP contribution >= 0.6 is 22.7 Å². The van der Waals surface area contributed by atoms with Gasteiger partial charge in [-0.1, -0.05) is 67.6 Å². The summed E-state index contributed by atoms with van der Waals surface area (Å²) < 4.78 is 10.8. The molecule has 0 aliphatic carbocycles. The molecule has 0 fully saturated rings. The first kappa shape index (κ1) is 33.6. The van der Waals surface area contributed by atoms with Gasteiger partial charge < -0.3 is 24.4 Å². The van der Waals surface area contributed by atoms with Gasteiger partial charge in [-0.3, -0.25) is 0 Å². The number of thiazole rings is 2. The predicted molar refractivity (Wildman–Crippen MR) is 204 cm³/mol. The summed E-state index contributed by atoms with van der Waals surface area (Å²) >= 11 is 2.97. The summed E-state index contributed by atoms with van der Waals surface area (Å²) in [5.74, 6) is 0.220. The van der Waals surface area contributed by atoms with Crippen molar-refractivity contribution in [2.24, 2.45) is 0 Å². The molecule has 0 saturated carbocycles. The number of nitrogens with zero attached hydrogens (tertiary/aromatic N) is 2. The van der Waals surface area contributed by atoms with Gasteiger partial charge in [0, 0.05) is 56.9 Å². The number of aryl methyl sites for hydroxylation is 1. The average molecular weight is 714 g/mol. The lowest BCUT2D eigenvalue weighted by Gasteiger charge is -2.07. The van der Waals surface area contributed by atoms with E-state index in [-0.39, 0.29) is 11.5 Å². The van der Waals surface area contributed by atoms with Gasteiger partial charge in [0.15, 0.2) is 0 Å². The smallest absolute Gasteiger partial charge is 0.345 e. The number of phenols is 2. The molecule has 51 heavy (non-hydrogen) atoms. The topological polar surface area (TPSA) is 139 Å². The Morgan fingerprint density at radius 3 is 1.67 bits per heavy atom. The number of nitrogens with one attached hydrogen (secondary N) is 1. The molecule has 4 heterocycles. The molecule has 0 bridgehead atoms. The number of phenolic OH excluding ortho intramolecular Hbond substituents is 2. The van der Waals surface area contributed by atoms with Crippen LogP contribution in [0.5, 0.6) is 11.5 Å². The lowest BCUT2D eigenvalue weighted by molar-refractivity contribution is 0.463. The first-order valence-electron chi connectivity index (χ1n) is 16.1. The average Bonchev–Trinajstić information content (AvgIpc) is 3.84. The molecule has 0 unspecified atom stereocenters. The standard InChI is InChI=1S/C21H18N2O3S.C19H13NO3S/c1-2-22-11-15-8-14-9-16(21(25)26-19(14)10-18(15)24)17-12-27-20(23-17)13-6-4-3-5-7-13;1-11-7-13-8-14(19(22)23-17(13)9-16(11)21)15-10-24-18(20-15)12-5-3-2-4-6-12/h3-10,12,22,24H,2,11H2,1H3;2-10,21H,1H3. The highest BCUT2D eigenvalue weighted by Gasteiger charge is 2.15. The molecule has 254 valence electrons. The van der Waals surface area contributed by atoms with Gasteiger partial charge in [0.25, 0.3) is 0 Å². The molecule has 0 spiro atoms. The Bertz CT molecular complexity index is 2610. The number of benzene rings is 4. The maximum atomic E-state index is 12.5. The van der Waals surface area contributed by atoms with Gasteiger partial charge >= 0.3 is 11.3 Å². The molecule has 4 aromatic carbocycles. The second kappa shape index (κ2) is 14.5. The normalized spacial score (nSPS) is 11.1. The van der Waals surface area contributed by atoms with Crippen molar-refractivity contribution in [3.8, 4) is 55.2 Å². The quantitative estimate of drug-likeness (QED) is 0.138. The molecule has 0 atom stereocenters. The van der Waals surface area contributed by atoms with E-state index in [2.05, 4.69) is 15.3 Å². The van der Waals surface area contributed by atoms with Gasteiger partial charge in [0.1, 0.15) is 32.7 Å². The Morgan fingerprint density at radius 1 is 0.667 bits per heavy atom. The summed E-state index contributed by atoms with van der Waals surface area (Å²) in [6, 6.07) is 29.8. The maximum Gasteiger partial charge on any atom is 0.345 e. The highest BCUT2D eigenvalue weighted by atomic mass is 32.1. The zero-order valence-electron chi connectivity index (χ0n) is 27.5. The lowest BCUT2D eigenvalue weighted by atomic mass is 10.1. The van der Waals surface area contributed by atoms with E-state index in [4.69, 9.17) is 8.83 Å². The van der Waals surface area contributed by atoms with Crippen LogP contribution in [0.4, 0.5) is 0 Å². The van der Waals surface area contributed by atoms with Crippen molar-refractivity contribution in [2.45, 2.75) is 20.4 Å². The van der Waals surface area contributed by atoms with Crippen LogP contribution in [-0.4, -0.2) is 26.7 Å². The Morgan fingerprint density at radius 2 is 1.16 bits per heavy atom. The van der Waals surface area contributed by atoms with E-state index < -0.39 is 11.3 Å². The number of aromatic hydroxyl groups is 2. The fraction of sp³-hybridized carbons (Fsp3) is 0.100. The molecule has 0 saturated heterocycles. The Hall–Kier alpha value is -5.88. The van der Waals surface area contributed by atoms with Crippen LogP contribution in [0.25, 0.3) is 65.6 Å². The molecule has 9 nitrogen and oxygen atoms in total. The van der Waals surface area contributed by atoms with E-state index in [1.54, 1.807) is 25.1 Å². The second-order valence-electron chi connectivity index (χ2n) is 11.7. The van der Waals surface area contributed by atoms with Crippen LogP contribution in [0.1, 0.15) is 18.1 Å². The number of fused-ring (bicyclic) bond motifs is 2. The Balaban J connectivity index is 0.000000160. The zero-order chi connectivity index (χ0) is 35.5. The van der Waals surface area contributed by atoms with Crippen LogP contribution in [0, 0.1) is 6.92 Å². The fourth-order valence-electron chi connectivity index (χ4n) is 5.45. The summed E-state index contributed by atoms with van der Waals surface area (Å²) in [7, 11) is 0. The maximum absolute atomic E-state index is 12.5. The number of hydrogen-bond acceptors (Lipinski definition) is 11. The summed E-state index contributed by atoms with van der Waals surface area (Å²) in [5.41, 5.74) is 5.34. The van der Waals surface area contributed by atoms with E-state index in [0.717, 1.165) is 49.6 Å². The molecular formula is C40H31N3O6S2. The van der Waals surface area contributed by atoms with Crippen molar-refractivity contribution < 1.29 is 19.0 Å². The predicted octanol–water partition coefficient (Wildman–Crippen LogP) is 9.00. The van der Waals surface area contributed by atoms with Crippen LogP contribution in [-0.2, 0) is 6.54 Å². The monoisotopic (exact) mass is 713 g/mol. The molecule has 8 rings (SSSR count). The van der Waals surface area contributed by atoms with Crippen molar-refractivity contribution >= 4 is 44.6 Å². The molecule has 0 amide bonds. The van der Waals surface area contributed by atoms with E-state index >= 15 is 0 Å².